The number of rotatable bonds is 6. The average Bonchev–Trinajstić information content (AvgIpc) is 2.89. The molecule has 1 heterocycles. The minimum Gasteiger partial charge on any atom is -0.495 e. The highest BCUT2D eigenvalue weighted by Gasteiger charge is 2.25. The van der Waals surface area contributed by atoms with Gasteiger partial charge in [-0.3, -0.25) is 4.79 Å². The highest BCUT2D eigenvalue weighted by Crippen LogP contribution is 2.28. The van der Waals surface area contributed by atoms with Gasteiger partial charge >= 0.3 is 5.97 Å². The van der Waals surface area contributed by atoms with E-state index in [2.05, 4.69) is 10.3 Å². The molecular weight excluding hydrogens is 372 g/mol. The topological polar surface area (TPSA) is 101 Å². The minimum atomic E-state index is -1.06. The molecule has 27 heavy (non-hydrogen) atoms. The van der Waals surface area contributed by atoms with Crippen molar-refractivity contribution in [1.82, 2.24) is 4.98 Å². The van der Waals surface area contributed by atoms with E-state index in [1.807, 2.05) is 0 Å². The van der Waals surface area contributed by atoms with Gasteiger partial charge in [0.15, 0.2) is 6.10 Å². The van der Waals surface area contributed by atoms with Gasteiger partial charge in [-0.25, -0.2) is 4.79 Å². The van der Waals surface area contributed by atoms with E-state index < -0.39 is 24.1 Å². The number of aromatic nitrogens is 1. The van der Waals surface area contributed by atoms with E-state index in [-0.39, 0.29) is 5.69 Å². The number of carbonyl (C=O) groups is 2. The maximum absolute atomic E-state index is 12.4. The molecule has 0 spiro atoms. The summed E-state index contributed by atoms with van der Waals surface area (Å²) in [5.74, 6) is -0.771. The van der Waals surface area contributed by atoms with Gasteiger partial charge in [0.05, 0.1) is 18.9 Å². The molecule has 2 rings (SSSR count). The number of benzene rings is 1. The predicted molar refractivity (Wildman–Crippen MR) is 102 cm³/mol. The van der Waals surface area contributed by atoms with E-state index in [1.165, 1.54) is 14.0 Å². The molecule has 1 aromatic heterocycles. The van der Waals surface area contributed by atoms with Crippen LogP contribution >= 0.6 is 11.6 Å². The summed E-state index contributed by atoms with van der Waals surface area (Å²) in [5.41, 5.74) is 2.50. The Kier molecular flexibility index (Phi) is 6.51. The fraction of sp³-hybridized carbons (Fsp3) is 0.368. The number of methoxy groups -OCH3 is 1. The number of ether oxygens (including phenoxy) is 2. The first-order valence-corrected chi connectivity index (χ1v) is 8.76. The molecule has 0 aliphatic carbocycles. The number of carbonyl (C=O) groups excluding carboxylic acids is 2. The largest absolute Gasteiger partial charge is 0.495 e. The van der Waals surface area contributed by atoms with Crippen molar-refractivity contribution in [2.45, 2.75) is 39.9 Å². The number of halogens is 1. The van der Waals surface area contributed by atoms with Gasteiger partial charge in [-0.2, -0.15) is 0 Å². The van der Waals surface area contributed by atoms with Crippen LogP contribution in [0.5, 0.6) is 5.75 Å². The van der Waals surface area contributed by atoms with Crippen molar-refractivity contribution in [3.05, 3.63) is 45.7 Å². The van der Waals surface area contributed by atoms with Crippen LogP contribution in [0.1, 0.15) is 47.3 Å². The molecule has 2 atom stereocenters. The summed E-state index contributed by atoms with van der Waals surface area (Å²) >= 11 is 5.94. The number of esters is 1. The highest BCUT2D eigenvalue weighted by molar-refractivity contribution is 6.31. The predicted octanol–water partition coefficient (Wildman–Crippen LogP) is 3.53. The van der Waals surface area contributed by atoms with Gasteiger partial charge in [0, 0.05) is 16.3 Å². The quantitative estimate of drug-likeness (QED) is 0.650. The lowest BCUT2D eigenvalue weighted by Gasteiger charge is -2.15. The molecule has 0 radical (unpaired) electrons. The normalized spacial score (nSPS) is 13.0. The molecule has 0 bridgehead atoms. The first-order chi connectivity index (χ1) is 12.6. The number of H-pyrrole nitrogens is 1. The van der Waals surface area contributed by atoms with Gasteiger partial charge < -0.3 is 24.9 Å². The number of aliphatic hydroxyl groups is 1. The molecule has 0 saturated carbocycles. The van der Waals surface area contributed by atoms with Crippen LogP contribution in [0.15, 0.2) is 18.2 Å². The van der Waals surface area contributed by atoms with Crippen molar-refractivity contribution in [2.24, 2.45) is 0 Å². The Hall–Kier alpha value is -2.51. The summed E-state index contributed by atoms with van der Waals surface area (Å²) < 4.78 is 10.4. The number of aryl methyl sites for hydroxylation is 1. The number of anilines is 1. The van der Waals surface area contributed by atoms with Crippen LogP contribution in [-0.4, -0.2) is 35.2 Å². The summed E-state index contributed by atoms with van der Waals surface area (Å²) in [7, 11) is 1.47. The van der Waals surface area contributed by atoms with Gasteiger partial charge in [0.2, 0.25) is 0 Å². The van der Waals surface area contributed by atoms with Gasteiger partial charge in [-0.05, 0) is 51.5 Å². The number of aromatic amines is 1. The summed E-state index contributed by atoms with van der Waals surface area (Å²) in [5, 5.41) is 12.9. The Morgan fingerprint density at radius 1 is 1.26 bits per heavy atom. The molecule has 0 saturated heterocycles. The summed E-state index contributed by atoms with van der Waals surface area (Å²) in [6.45, 7) is 6.55. The third kappa shape index (κ3) is 4.61. The molecule has 3 N–H and O–H groups in total. The van der Waals surface area contributed by atoms with E-state index in [0.29, 0.717) is 33.3 Å². The molecule has 8 heteroatoms. The molecule has 2 aromatic rings. The van der Waals surface area contributed by atoms with Crippen LogP contribution in [0.4, 0.5) is 5.69 Å². The third-order valence-corrected chi connectivity index (χ3v) is 4.42. The molecule has 1 aromatic carbocycles. The van der Waals surface area contributed by atoms with Crippen LogP contribution < -0.4 is 10.1 Å². The van der Waals surface area contributed by atoms with Crippen molar-refractivity contribution in [3.8, 4) is 5.75 Å². The maximum Gasteiger partial charge on any atom is 0.355 e. The monoisotopic (exact) mass is 394 g/mol. The van der Waals surface area contributed by atoms with Crippen molar-refractivity contribution in [1.29, 1.82) is 0 Å². The zero-order chi connectivity index (χ0) is 20.3. The number of hydrogen-bond donors (Lipinski definition) is 3. The minimum absolute atomic E-state index is 0.211. The molecule has 146 valence electrons. The van der Waals surface area contributed by atoms with Crippen LogP contribution in [0, 0.1) is 13.8 Å². The van der Waals surface area contributed by atoms with E-state index in [1.54, 1.807) is 39.0 Å². The molecule has 7 nitrogen and oxygen atoms in total. The molecule has 1 amide bonds. The van der Waals surface area contributed by atoms with Crippen LogP contribution in [0.3, 0.4) is 0 Å². The Morgan fingerprint density at radius 2 is 1.93 bits per heavy atom. The van der Waals surface area contributed by atoms with Gasteiger partial charge in [0.1, 0.15) is 11.4 Å². The Labute approximate surface area is 162 Å². The fourth-order valence-corrected chi connectivity index (χ4v) is 3.05. The second-order valence-corrected chi connectivity index (χ2v) is 6.66. The lowest BCUT2D eigenvalue weighted by atomic mass is 10.1. The van der Waals surface area contributed by atoms with Gasteiger partial charge in [-0.15, -0.1) is 0 Å². The first kappa shape index (κ1) is 20.8. The lowest BCUT2D eigenvalue weighted by molar-refractivity contribution is -0.123. The number of amides is 1. The standard InChI is InChI=1S/C19H23ClN2O5/c1-9-16(11(3)23)10(2)21-17(9)19(25)27-12(4)18(24)22-14-8-13(20)6-7-15(14)26-5/h6-8,11-12,21,23H,1-5H3,(H,22,24)/t11-,12+/m1/s1. The first-order valence-electron chi connectivity index (χ1n) is 8.38. The Balaban J connectivity index is 2.12. The summed E-state index contributed by atoms with van der Waals surface area (Å²) in [6, 6.07) is 4.80. The van der Waals surface area contributed by atoms with Gasteiger partial charge in [0.25, 0.3) is 5.91 Å². The van der Waals surface area contributed by atoms with Crippen molar-refractivity contribution in [3.63, 3.8) is 0 Å². The zero-order valence-electron chi connectivity index (χ0n) is 15.8. The van der Waals surface area contributed by atoms with Crippen molar-refractivity contribution >= 4 is 29.2 Å². The number of hydrogen-bond acceptors (Lipinski definition) is 5. The van der Waals surface area contributed by atoms with E-state index >= 15 is 0 Å². The Morgan fingerprint density at radius 3 is 2.48 bits per heavy atom. The lowest BCUT2D eigenvalue weighted by Crippen LogP contribution is -2.30. The number of nitrogens with one attached hydrogen (secondary N) is 2. The van der Waals surface area contributed by atoms with E-state index in [0.717, 1.165) is 0 Å². The highest BCUT2D eigenvalue weighted by atomic mass is 35.5. The van der Waals surface area contributed by atoms with Crippen molar-refractivity contribution < 1.29 is 24.2 Å². The average molecular weight is 395 g/mol. The molecule has 0 aliphatic rings. The second kappa shape index (κ2) is 8.45. The zero-order valence-corrected chi connectivity index (χ0v) is 16.6. The molecule has 0 fully saturated rings. The smallest absolute Gasteiger partial charge is 0.355 e. The molecule has 0 aliphatic heterocycles. The second-order valence-electron chi connectivity index (χ2n) is 6.22. The third-order valence-electron chi connectivity index (χ3n) is 4.19. The van der Waals surface area contributed by atoms with Gasteiger partial charge in [-0.1, -0.05) is 11.6 Å². The SMILES string of the molecule is COc1ccc(Cl)cc1NC(=O)[C@H](C)OC(=O)c1[nH]c(C)c([C@@H](C)O)c1C. The Bertz CT molecular complexity index is 860. The van der Waals surface area contributed by atoms with Crippen LogP contribution in [-0.2, 0) is 9.53 Å². The maximum atomic E-state index is 12.4. The number of aliphatic hydroxyl groups excluding tert-OH is 1. The van der Waals surface area contributed by atoms with E-state index in [9.17, 15) is 14.7 Å². The van der Waals surface area contributed by atoms with Crippen LogP contribution in [0.25, 0.3) is 0 Å². The van der Waals surface area contributed by atoms with Crippen molar-refractivity contribution in [2.75, 3.05) is 12.4 Å². The van der Waals surface area contributed by atoms with Crippen LogP contribution in [0.2, 0.25) is 5.02 Å². The summed E-state index contributed by atoms with van der Waals surface area (Å²) in [4.78, 5) is 27.7. The molecular formula is C19H23ClN2O5. The van der Waals surface area contributed by atoms with E-state index in [4.69, 9.17) is 21.1 Å². The summed E-state index contributed by atoms with van der Waals surface area (Å²) in [6.07, 6.45) is -1.78. The fourth-order valence-electron chi connectivity index (χ4n) is 2.88. The molecule has 0 unspecified atom stereocenters.